The highest BCUT2D eigenvalue weighted by Crippen LogP contribution is 2.32. The fraction of sp³-hybridized carbons (Fsp3) is 0.150. The van der Waals surface area contributed by atoms with Gasteiger partial charge in [-0.05, 0) is 35.9 Å². The summed E-state index contributed by atoms with van der Waals surface area (Å²) in [6, 6.07) is 16.0. The minimum Gasteiger partial charge on any atom is -0.457 e. The maximum absolute atomic E-state index is 13.0. The van der Waals surface area contributed by atoms with Crippen LogP contribution in [0.15, 0.2) is 65.1 Å². The number of alkyl halides is 3. The van der Waals surface area contributed by atoms with Crippen LogP contribution in [0.25, 0.3) is 22.4 Å². The van der Waals surface area contributed by atoms with Gasteiger partial charge in [-0.1, -0.05) is 30.3 Å². The molecule has 4 nitrogen and oxygen atoms in total. The number of aliphatic hydroxyl groups is 1. The average molecular weight is 372 g/mol. The Morgan fingerprint density at radius 3 is 2.56 bits per heavy atom. The zero-order valence-corrected chi connectivity index (χ0v) is 14.1. The summed E-state index contributed by atoms with van der Waals surface area (Å²) in [7, 11) is 0. The van der Waals surface area contributed by atoms with Crippen LogP contribution >= 0.6 is 0 Å². The van der Waals surface area contributed by atoms with Gasteiger partial charge in [-0.3, -0.25) is 4.68 Å². The van der Waals surface area contributed by atoms with Gasteiger partial charge in [-0.15, -0.1) is 0 Å². The Morgan fingerprint density at radius 2 is 1.81 bits per heavy atom. The number of nitrogens with zero attached hydrogens (tertiary/aromatic N) is 2. The van der Waals surface area contributed by atoms with Crippen molar-refractivity contribution >= 4 is 10.9 Å². The average Bonchev–Trinajstić information content (AvgIpc) is 3.26. The molecule has 2 aromatic heterocycles. The van der Waals surface area contributed by atoms with E-state index in [4.69, 9.17) is 4.42 Å². The van der Waals surface area contributed by atoms with Crippen molar-refractivity contribution in [3.05, 3.63) is 77.6 Å². The molecule has 2 heterocycles. The predicted octanol–water partition coefficient (Wildman–Crippen LogP) is 4.86. The molecular weight excluding hydrogens is 357 g/mol. The molecule has 0 spiro atoms. The molecule has 4 rings (SSSR count). The van der Waals surface area contributed by atoms with Gasteiger partial charge in [-0.2, -0.15) is 18.3 Å². The number of para-hydroxylation sites is 1. The maximum atomic E-state index is 13.0. The van der Waals surface area contributed by atoms with Gasteiger partial charge in [-0.25, -0.2) is 0 Å². The summed E-state index contributed by atoms with van der Waals surface area (Å²) in [5.41, 5.74) is 1.18. The minimum atomic E-state index is -4.39. The van der Waals surface area contributed by atoms with Gasteiger partial charge in [0.1, 0.15) is 18.1 Å². The minimum absolute atomic E-state index is 0.192. The highest BCUT2D eigenvalue weighted by atomic mass is 19.4. The molecule has 7 heteroatoms. The standard InChI is InChI=1S/C20H15F3N2O2/c21-20(22,23)14-5-3-4-13(10-14)11-25-17-7-2-1-6-16(17)19(24-25)18-9-8-15(12-26)27-18/h1-10,26H,11-12H2. The summed E-state index contributed by atoms with van der Waals surface area (Å²) in [6.07, 6.45) is -4.39. The Bertz CT molecular complexity index is 1100. The van der Waals surface area contributed by atoms with Crippen LogP contribution in [-0.2, 0) is 19.3 Å². The van der Waals surface area contributed by atoms with E-state index in [1.807, 2.05) is 24.3 Å². The first-order valence-electron chi connectivity index (χ1n) is 8.27. The van der Waals surface area contributed by atoms with Crippen LogP contribution < -0.4 is 0 Å². The van der Waals surface area contributed by atoms with Gasteiger partial charge in [0.15, 0.2) is 5.76 Å². The van der Waals surface area contributed by atoms with Crippen molar-refractivity contribution in [1.82, 2.24) is 9.78 Å². The molecule has 0 bridgehead atoms. The molecule has 0 amide bonds. The van der Waals surface area contributed by atoms with Crippen LogP contribution in [0.3, 0.4) is 0 Å². The topological polar surface area (TPSA) is 51.2 Å². The number of hydrogen-bond donors (Lipinski definition) is 1. The Labute approximate surface area is 152 Å². The third kappa shape index (κ3) is 3.33. The SMILES string of the molecule is OCc1ccc(-c2nn(Cc3cccc(C(F)(F)F)c3)c3ccccc23)o1. The van der Waals surface area contributed by atoms with Crippen molar-refractivity contribution in [3.63, 3.8) is 0 Å². The number of aromatic nitrogens is 2. The number of aliphatic hydroxyl groups excluding tert-OH is 1. The van der Waals surface area contributed by atoms with Gasteiger partial charge >= 0.3 is 6.18 Å². The normalized spacial score (nSPS) is 12.0. The number of furan rings is 1. The van der Waals surface area contributed by atoms with Gasteiger partial charge in [0.2, 0.25) is 0 Å². The zero-order chi connectivity index (χ0) is 19.0. The lowest BCUT2D eigenvalue weighted by atomic mass is 10.1. The monoisotopic (exact) mass is 372 g/mol. The Kier molecular flexibility index (Phi) is 4.24. The molecule has 0 radical (unpaired) electrons. The summed E-state index contributed by atoms with van der Waals surface area (Å²) in [5, 5.41) is 14.6. The molecule has 0 saturated heterocycles. The number of halogens is 3. The zero-order valence-electron chi connectivity index (χ0n) is 14.1. The second-order valence-corrected chi connectivity index (χ2v) is 6.15. The smallest absolute Gasteiger partial charge is 0.416 e. The molecular formula is C20H15F3N2O2. The highest BCUT2D eigenvalue weighted by Gasteiger charge is 2.30. The van der Waals surface area contributed by atoms with E-state index in [2.05, 4.69) is 5.10 Å². The van der Waals surface area contributed by atoms with Crippen LogP contribution in [0, 0.1) is 0 Å². The summed E-state index contributed by atoms with van der Waals surface area (Å²) in [5.74, 6) is 0.916. The predicted molar refractivity (Wildman–Crippen MR) is 93.9 cm³/mol. The number of benzene rings is 2. The van der Waals surface area contributed by atoms with Crippen molar-refractivity contribution in [2.24, 2.45) is 0 Å². The first kappa shape index (κ1) is 17.4. The number of rotatable bonds is 4. The third-order valence-electron chi connectivity index (χ3n) is 4.30. The summed E-state index contributed by atoms with van der Waals surface area (Å²) in [6.45, 7) is -0.0269. The van der Waals surface area contributed by atoms with Gasteiger partial charge < -0.3 is 9.52 Å². The summed E-state index contributed by atoms with van der Waals surface area (Å²) < 4.78 is 46.1. The van der Waals surface area contributed by atoms with Crippen LogP contribution in [0.4, 0.5) is 13.2 Å². The Morgan fingerprint density at radius 1 is 1.00 bits per heavy atom. The van der Waals surface area contributed by atoms with Gasteiger partial charge in [0, 0.05) is 5.39 Å². The molecule has 138 valence electrons. The van der Waals surface area contributed by atoms with Crippen LogP contribution in [-0.4, -0.2) is 14.9 Å². The molecule has 0 saturated carbocycles. The molecule has 0 aliphatic carbocycles. The van der Waals surface area contributed by atoms with Crippen molar-refractivity contribution < 1.29 is 22.7 Å². The second kappa shape index (κ2) is 6.59. The molecule has 0 unspecified atom stereocenters. The molecule has 0 atom stereocenters. The molecule has 4 aromatic rings. The summed E-state index contributed by atoms with van der Waals surface area (Å²) >= 11 is 0. The Hall–Kier alpha value is -3.06. The van der Waals surface area contributed by atoms with Crippen LogP contribution in [0.2, 0.25) is 0 Å². The molecule has 2 aromatic carbocycles. The van der Waals surface area contributed by atoms with Gasteiger partial charge in [0.05, 0.1) is 17.6 Å². The molecule has 0 fully saturated rings. The number of fused-ring (bicyclic) bond motifs is 1. The third-order valence-corrected chi connectivity index (χ3v) is 4.30. The van der Waals surface area contributed by atoms with Gasteiger partial charge in [0.25, 0.3) is 0 Å². The molecule has 1 N–H and O–H groups in total. The van der Waals surface area contributed by atoms with Crippen molar-refractivity contribution in [3.8, 4) is 11.5 Å². The van der Waals surface area contributed by atoms with E-state index in [9.17, 15) is 18.3 Å². The van der Waals surface area contributed by atoms with Crippen LogP contribution in [0.5, 0.6) is 0 Å². The van der Waals surface area contributed by atoms with Crippen molar-refractivity contribution in [2.45, 2.75) is 19.3 Å². The molecule has 0 aliphatic rings. The van der Waals surface area contributed by atoms with Crippen LogP contribution in [0.1, 0.15) is 16.9 Å². The lowest BCUT2D eigenvalue weighted by Crippen LogP contribution is -2.07. The van der Waals surface area contributed by atoms with E-state index in [1.165, 1.54) is 6.07 Å². The lowest BCUT2D eigenvalue weighted by molar-refractivity contribution is -0.137. The largest absolute Gasteiger partial charge is 0.457 e. The van der Waals surface area contributed by atoms with E-state index in [1.54, 1.807) is 22.9 Å². The fourth-order valence-corrected chi connectivity index (χ4v) is 3.04. The number of hydrogen-bond acceptors (Lipinski definition) is 3. The van der Waals surface area contributed by atoms with E-state index in [0.29, 0.717) is 22.8 Å². The van der Waals surface area contributed by atoms with Crippen molar-refractivity contribution in [2.75, 3.05) is 0 Å². The Balaban J connectivity index is 1.77. The molecule has 0 aliphatic heterocycles. The van der Waals surface area contributed by atoms with E-state index in [0.717, 1.165) is 23.0 Å². The highest BCUT2D eigenvalue weighted by molar-refractivity contribution is 5.92. The van der Waals surface area contributed by atoms with E-state index in [-0.39, 0.29) is 13.2 Å². The maximum Gasteiger partial charge on any atom is 0.416 e. The first-order chi connectivity index (χ1) is 13.0. The lowest BCUT2D eigenvalue weighted by Gasteiger charge is -2.09. The van der Waals surface area contributed by atoms with E-state index < -0.39 is 11.7 Å². The quantitative estimate of drug-likeness (QED) is 0.557. The second-order valence-electron chi connectivity index (χ2n) is 6.15. The van der Waals surface area contributed by atoms with Crippen molar-refractivity contribution in [1.29, 1.82) is 0 Å². The van der Waals surface area contributed by atoms with E-state index >= 15 is 0 Å². The fourth-order valence-electron chi connectivity index (χ4n) is 3.04. The first-order valence-corrected chi connectivity index (χ1v) is 8.27. The molecule has 27 heavy (non-hydrogen) atoms. The summed E-state index contributed by atoms with van der Waals surface area (Å²) in [4.78, 5) is 0.